The van der Waals surface area contributed by atoms with Crippen molar-refractivity contribution in [2.75, 3.05) is 18.4 Å². The van der Waals surface area contributed by atoms with Gasteiger partial charge in [0.15, 0.2) is 0 Å². The first-order chi connectivity index (χ1) is 8.08. The third-order valence-corrected chi connectivity index (χ3v) is 2.87. The van der Waals surface area contributed by atoms with Crippen molar-refractivity contribution < 1.29 is 9.90 Å². The van der Waals surface area contributed by atoms with Crippen molar-refractivity contribution in [3.63, 3.8) is 0 Å². The second kappa shape index (κ2) is 7.95. The van der Waals surface area contributed by atoms with E-state index in [1.54, 1.807) is 24.3 Å². The second-order valence-electron chi connectivity index (χ2n) is 3.93. The average molecular weight is 273 g/mol. The first-order valence-electron chi connectivity index (χ1n) is 5.92. The summed E-state index contributed by atoms with van der Waals surface area (Å²) in [5.41, 5.74) is 0.701. The lowest BCUT2D eigenvalue weighted by atomic mass is 10.2. The molecule has 102 valence electrons. The molecule has 1 aromatic rings. The number of likely N-dealkylation sites (N-methyl/N-ethyl adjacent to an activating group) is 1. The highest BCUT2D eigenvalue weighted by molar-refractivity contribution is 5.94. The summed E-state index contributed by atoms with van der Waals surface area (Å²) in [5, 5.41) is 12.0. The van der Waals surface area contributed by atoms with E-state index in [-0.39, 0.29) is 30.1 Å². The molecular weight excluding hydrogens is 252 g/mol. The first kappa shape index (κ1) is 16.7. The summed E-state index contributed by atoms with van der Waals surface area (Å²) in [6.07, 6.45) is 0. The molecule has 0 fully saturated rings. The predicted octanol–water partition coefficient (Wildman–Crippen LogP) is 2.48. The van der Waals surface area contributed by atoms with Crippen molar-refractivity contribution in [1.29, 1.82) is 0 Å². The monoisotopic (exact) mass is 272 g/mol. The Morgan fingerprint density at radius 3 is 2.22 bits per heavy atom. The van der Waals surface area contributed by atoms with Gasteiger partial charge >= 0.3 is 0 Å². The number of nitrogens with one attached hydrogen (secondary N) is 1. The fourth-order valence-electron chi connectivity index (χ4n) is 1.73. The summed E-state index contributed by atoms with van der Waals surface area (Å²) >= 11 is 0. The van der Waals surface area contributed by atoms with Crippen molar-refractivity contribution in [1.82, 2.24) is 4.90 Å². The molecule has 0 heterocycles. The molecule has 1 atom stereocenters. The van der Waals surface area contributed by atoms with Gasteiger partial charge in [0.25, 0.3) is 0 Å². The zero-order valence-electron chi connectivity index (χ0n) is 11.0. The fraction of sp³-hybridized carbons (Fsp3) is 0.462. The number of halogens is 1. The van der Waals surface area contributed by atoms with Gasteiger partial charge in [-0.1, -0.05) is 13.8 Å². The maximum absolute atomic E-state index is 11.9. The molecule has 2 N–H and O–H groups in total. The van der Waals surface area contributed by atoms with Crippen LogP contribution in [0.3, 0.4) is 0 Å². The number of aromatic hydroxyl groups is 1. The smallest absolute Gasteiger partial charge is 0.241 e. The first-order valence-corrected chi connectivity index (χ1v) is 5.92. The van der Waals surface area contributed by atoms with Gasteiger partial charge in [0.1, 0.15) is 5.75 Å². The lowest BCUT2D eigenvalue weighted by Crippen LogP contribution is -2.41. The molecule has 0 unspecified atom stereocenters. The zero-order chi connectivity index (χ0) is 12.8. The summed E-state index contributed by atoms with van der Waals surface area (Å²) < 4.78 is 0. The van der Waals surface area contributed by atoms with Crippen molar-refractivity contribution in [2.24, 2.45) is 0 Å². The zero-order valence-corrected chi connectivity index (χ0v) is 11.8. The Morgan fingerprint density at radius 1 is 1.28 bits per heavy atom. The van der Waals surface area contributed by atoms with Crippen LogP contribution >= 0.6 is 12.4 Å². The molecule has 0 bridgehead atoms. The molecule has 0 aliphatic heterocycles. The molecule has 18 heavy (non-hydrogen) atoms. The Hall–Kier alpha value is -1.26. The topological polar surface area (TPSA) is 52.6 Å². The van der Waals surface area contributed by atoms with Crippen LogP contribution in [-0.2, 0) is 4.79 Å². The number of rotatable bonds is 5. The highest BCUT2D eigenvalue weighted by Gasteiger charge is 2.18. The quantitative estimate of drug-likeness (QED) is 0.810. The van der Waals surface area contributed by atoms with Crippen LogP contribution in [0.25, 0.3) is 0 Å². The summed E-state index contributed by atoms with van der Waals surface area (Å²) in [6, 6.07) is 6.32. The van der Waals surface area contributed by atoms with Crippen molar-refractivity contribution in [3.05, 3.63) is 24.3 Å². The van der Waals surface area contributed by atoms with Crippen LogP contribution in [0.5, 0.6) is 5.75 Å². The maximum atomic E-state index is 11.9. The maximum Gasteiger partial charge on any atom is 0.241 e. The van der Waals surface area contributed by atoms with Gasteiger partial charge in [0.05, 0.1) is 6.04 Å². The molecular formula is C13H21ClN2O2. The highest BCUT2D eigenvalue weighted by Crippen LogP contribution is 2.14. The van der Waals surface area contributed by atoms with Gasteiger partial charge in [-0.25, -0.2) is 0 Å². The number of hydrogen-bond acceptors (Lipinski definition) is 3. The van der Waals surface area contributed by atoms with E-state index in [9.17, 15) is 4.79 Å². The van der Waals surface area contributed by atoms with Crippen LogP contribution in [-0.4, -0.2) is 35.0 Å². The van der Waals surface area contributed by atoms with E-state index < -0.39 is 0 Å². The molecule has 1 amide bonds. The van der Waals surface area contributed by atoms with E-state index in [1.807, 2.05) is 20.8 Å². The summed E-state index contributed by atoms with van der Waals surface area (Å²) in [4.78, 5) is 14.0. The van der Waals surface area contributed by atoms with Gasteiger partial charge in [-0.2, -0.15) is 0 Å². The van der Waals surface area contributed by atoms with Gasteiger partial charge in [-0.05, 0) is 44.3 Å². The largest absolute Gasteiger partial charge is 0.508 e. The molecule has 1 aromatic carbocycles. The van der Waals surface area contributed by atoms with Gasteiger partial charge in [-0.15, -0.1) is 12.4 Å². The van der Waals surface area contributed by atoms with Gasteiger partial charge < -0.3 is 10.4 Å². The molecule has 0 saturated carbocycles. The number of nitrogens with zero attached hydrogens (tertiary/aromatic N) is 1. The van der Waals surface area contributed by atoms with Gasteiger partial charge in [0, 0.05) is 5.69 Å². The number of amides is 1. The number of carbonyl (C=O) groups is 1. The molecule has 0 spiro atoms. The van der Waals surface area contributed by atoms with Gasteiger partial charge in [-0.3, -0.25) is 9.69 Å². The Kier molecular flexibility index (Phi) is 7.39. The van der Waals surface area contributed by atoms with Crippen molar-refractivity contribution in [3.8, 4) is 5.75 Å². The van der Waals surface area contributed by atoms with E-state index in [2.05, 4.69) is 10.2 Å². The summed E-state index contributed by atoms with van der Waals surface area (Å²) in [6.45, 7) is 7.66. The average Bonchev–Trinajstić information content (AvgIpc) is 2.33. The van der Waals surface area contributed by atoms with E-state index in [0.717, 1.165) is 13.1 Å². The van der Waals surface area contributed by atoms with Crippen LogP contribution in [0.1, 0.15) is 20.8 Å². The number of benzene rings is 1. The Bertz CT molecular complexity index is 364. The summed E-state index contributed by atoms with van der Waals surface area (Å²) in [5.74, 6) is 0.166. The highest BCUT2D eigenvalue weighted by atomic mass is 35.5. The normalized spacial score (nSPS) is 11.8. The Labute approximate surface area is 114 Å². The van der Waals surface area contributed by atoms with Crippen molar-refractivity contribution >= 4 is 24.0 Å². The standard InChI is InChI=1S/C13H20N2O2.ClH/c1-4-15(5-2)10(3)13(17)14-11-6-8-12(16)9-7-11;/h6-10,16H,4-5H2,1-3H3,(H,14,17);1H/t10-;/m0./s1. The minimum atomic E-state index is -0.154. The summed E-state index contributed by atoms with van der Waals surface area (Å²) in [7, 11) is 0. The van der Waals surface area contributed by atoms with E-state index in [4.69, 9.17) is 5.11 Å². The molecule has 4 nitrogen and oxygen atoms in total. The second-order valence-corrected chi connectivity index (χ2v) is 3.93. The van der Waals surface area contributed by atoms with Gasteiger partial charge in [0.2, 0.25) is 5.91 Å². The van der Waals surface area contributed by atoms with Crippen LogP contribution in [0.15, 0.2) is 24.3 Å². The molecule has 0 saturated heterocycles. The number of hydrogen-bond donors (Lipinski definition) is 2. The molecule has 0 aliphatic rings. The third-order valence-electron chi connectivity index (χ3n) is 2.87. The van der Waals surface area contributed by atoms with Crippen LogP contribution < -0.4 is 5.32 Å². The van der Waals surface area contributed by atoms with Crippen LogP contribution in [0.2, 0.25) is 0 Å². The van der Waals surface area contributed by atoms with E-state index >= 15 is 0 Å². The molecule has 1 rings (SSSR count). The van der Waals surface area contributed by atoms with E-state index in [1.165, 1.54) is 0 Å². The lowest BCUT2D eigenvalue weighted by Gasteiger charge is -2.25. The fourth-order valence-corrected chi connectivity index (χ4v) is 1.73. The number of anilines is 1. The molecule has 5 heteroatoms. The number of phenols is 1. The SMILES string of the molecule is CCN(CC)[C@@H](C)C(=O)Nc1ccc(O)cc1.Cl. The third kappa shape index (κ3) is 4.55. The van der Waals surface area contributed by atoms with E-state index in [0.29, 0.717) is 5.69 Å². The minimum Gasteiger partial charge on any atom is -0.508 e. The van der Waals surface area contributed by atoms with Crippen LogP contribution in [0.4, 0.5) is 5.69 Å². The van der Waals surface area contributed by atoms with Crippen molar-refractivity contribution in [2.45, 2.75) is 26.8 Å². The molecule has 0 radical (unpaired) electrons. The number of carbonyl (C=O) groups excluding carboxylic acids is 1. The Balaban J connectivity index is 0.00000289. The van der Waals surface area contributed by atoms with Crippen LogP contribution in [0, 0.1) is 0 Å². The lowest BCUT2D eigenvalue weighted by molar-refractivity contribution is -0.120. The molecule has 0 aliphatic carbocycles. The Morgan fingerprint density at radius 2 is 1.78 bits per heavy atom. The minimum absolute atomic E-state index is 0. The predicted molar refractivity (Wildman–Crippen MR) is 76.4 cm³/mol. The number of phenolic OH excluding ortho intramolecular Hbond substituents is 1. The molecule has 0 aromatic heterocycles.